The molecule has 4 heteroatoms. The van der Waals surface area contributed by atoms with Gasteiger partial charge in [-0.25, -0.2) is 0 Å². The van der Waals surface area contributed by atoms with E-state index in [4.69, 9.17) is 11.5 Å². The first-order valence-electron chi connectivity index (χ1n) is 3.39. The van der Waals surface area contributed by atoms with Crippen LogP contribution in [-0.4, -0.2) is 20.9 Å². The largest absolute Gasteiger partial charge is 0.481 e. The van der Waals surface area contributed by atoms with Crippen LogP contribution in [-0.2, 0) is 17.8 Å². The SMILES string of the molecule is C#CCn1cc(CC(=O)O)cn1. The third kappa shape index (κ3) is 2.13. The molecule has 0 unspecified atom stereocenters. The maximum atomic E-state index is 10.3. The first-order chi connectivity index (χ1) is 5.72. The molecule has 62 valence electrons. The molecular weight excluding hydrogens is 156 g/mol. The lowest BCUT2D eigenvalue weighted by molar-refractivity contribution is -0.136. The fraction of sp³-hybridized carbons (Fsp3) is 0.250. The van der Waals surface area contributed by atoms with Gasteiger partial charge < -0.3 is 5.11 Å². The zero-order valence-electron chi connectivity index (χ0n) is 6.40. The molecule has 0 radical (unpaired) electrons. The fourth-order valence-electron chi connectivity index (χ4n) is 0.852. The molecule has 0 aliphatic carbocycles. The van der Waals surface area contributed by atoms with E-state index >= 15 is 0 Å². The van der Waals surface area contributed by atoms with Gasteiger partial charge in [-0.3, -0.25) is 9.48 Å². The maximum absolute atomic E-state index is 10.3. The van der Waals surface area contributed by atoms with E-state index in [2.05, 4.69) is 11.0 Å². The molecule has 0 aromatic carbocycles. The summed E-state index contributed by atoms with van der Waals surface area (Å²) in [5, 5.41) is 12.3. The van der Waals surface area contributed by atoms with Gasteiger partial charge in [-0.1, -0.05) is 5.92 Å². The van der Waals surface area contributed by atoms with Gasteiger partial charge in [-0.15, -0.1) is 6.42 Å². The van der Waals surface area contributed by atoms with E-state index in [1.807, 2.05) is 0 Å². The first kappa shape index (κ1) is 8.34. The Balaban J connectivity index is 2.65. The van der Waals surface area contributed by atoms with Crippen LogP contribution in [0.15, 0.2) is 12.4 Å². The molecular formula is C8H8N2O2. The Bertz CT molecular complexity index is 322. The molecule has 0 atom stereocenters. The molecule has 0 fully saturated rings. The number of hydrogen-bond acceptors (Lipinski definition) is 2. The van der Waals surface area contributed by atoms with Crippen molar-refractivity contribution in [2.45, 2.75) is 13.0 Å². The number of carboxylic acids is 1. The summed E-state index contributed by atoms with van der Waals surface area (Å²) in [5.74, 6) is 1.54. The molecule has 0 spiro atoms. The highest BCUT2D eigenvalue weighted by Gasteiger charge is 2.02. The minimum absolute atomic E-state index is 0.00935. The third-order valence-corrected chi connectivity index (χ3v) is 1.30. The number of nitrogens with zero attached hydrogens (tertiary/aromatic N) is 2. The van der Waals surface area contributed by atoms with Gasteiger partial charge in [0.1, 0.15) is 6.54 Å². The molecule has 1 heterocycles. The van der Waals surface area contributed by atoms with E-state index in [1.165, 1.54) is 10.9 Å². The summed E-state index contributed by atoms with van der Waals surface area (Å²) in [6, 6.07) is 0. The van der Waals surface area contributed by atoms with Crippen molar-refractivity contribution in [2.75, 3.05) is 0 Å². The highest BCUT2D eigenvalue weighted by Crippen LogP contribution is 1.98. The van der Waals surface area contributed by atoms with Gasteiger partial charge >= 0.3 is 5.97 Å². The van der Waals surface area contributed by atoms with Gasteiger partial charge in [0.2, 0.25) is 0 Å². The van der Waals surface area contributed by atoms with Crippen LogP contribution in [0.3, 0.4) is 0 Å². The van der Waals surface area contributed by atoms with Gasteiger partial charge in [0.15, 0.2) is 0 Å². The average Bonchev–Trinajstić information content (AvgIpc) is 2.36. The van der Waals surface area contributed by atoms with Crippen molar-refractivity contribution < 1.29 is 9.90 Å². The van der Waals surface area contributed by atoms with Crippen LogP contribution in [0.2, 0.25) is 0 Å². The van der Waals surface area contributed by atoms with Crippen LogP contribution < -0.4 is 0 Å². The third-order valence-electron chi connectivity index (χ3n) is 1.30. The van der Waals surface area contributed by atoms with E-state index in [1.54, 1.807) is 6.20 Å². The molecule has 12 heavy (non-hydrogen) atoms. The van der Waals surface area contributed by atoms with E-state index in [9.17, 15) is 4.79 Å². The smallest absolute Gasteiger partial charge is 0.307 e. The topological polar surface area (TPSA) is 55.1 Å². The molecule has 0 saturated heterocycles. The summed E-state index contributed by atoms with van der Waals surface area (Å²) in [4.78, 5) is 10.3. The van der Waals surface area contributed by atoms with E-state index in [0.717, 1.165) is 0 Å². The molecule has 1 aromatic heterocycles. The van der Waals surface area contributed by atoms with Gasteiger partial charge in [-0.05, 0) is 0 Å². The van der Waals surface area contributed by atoms with Crippen molar-refractivity contribution in [1.29, 1.82) is 0 Å². The van der Waals surface area contributed by atoms with Gasteiger partial charge in [0.25, 0.3) is 0 Å². The predicted octanol–water partition coefficient (Wildman–Crippen LogP) is 0.143. The Labute approximate surface area is 69.8 Å². The molecule has 1 aromatic rings. The van der Waals surface area contributed by atoms with Crippen molar-refractivity contribution in [3.05, 3.63) is 18.0 Å². The lowest BCUT2D eigenvalue weighted by Crippen LogP contribution is -1.99. The molecule has 1 N–H and O–H groups in total. The summed E-state index contributed by atoms with van der Waals surface area (Å²) < 4.78 is 1.53. The molecule has 0 bridgehead atoms. The Kier molecular flexibility index (Phi) is 2.49. The minimum Gasteiger partial charge on any atom is -0.481 e. The average molecular weight is 164 g/mol. The van der Waals surface area contributed by atoms with Crippen molar-refractivity contribution in [3.63, 3.8) is 0 Å². The monoisotopic (exact) mass is 164 g/mol. The van der Waals surface area contributed by atoms with Crippen molar-refractivity contribution in [2.24, 2.45) is 0 Å². The standard InChI is InChI=1S/C8H8N2O2/c1-2-3-10-6-7(5-9-10)4-8(11)12/h1,5-6H,3-4H2,(H,11,12). The normalized spacial score (nSPS) is 9.25. The minimum atomic E-state index is -0.866. The Morgan fingerprint density at radius 3 is 3.17 bits per heavy atom. The Morgan fingerprint density at radius 2 is 2.58 bits per heavy atom. The number of aliphatic carboxylic acids is 1. The molecule has 0 aliphatic rings. The van der Waals surface area contributed by atoms with Gasteiger partial charge in [0, 0.05) is 11.8 Å². The van der Waals surface area contributed by atoms with Crippen molar-refractivity contribution in [1.82, 2.24) is 9.78 Å². The summed E-state index contributed by atoms with van der Waals surface area (Å²) >= 11 is 0. The van der Waals surface area contributed by atoms with E-state index < -0.39 is 5.97 Å². The second kappa shape index (κ2) is 3.58. The van der Waals surface area contributed by atoms with Crippen molar-refractivity contribution in [3.8, 4) is 12.3 Å². The van der Waals surface area contributed by atoms with Crippen LogP contribution in [0.4, 0.5) is 0 Å². The molecule has 1 rings (SSSR count). The number of terminal acetylenes is 1. The number of rotatable bonds is 3. The maximum Gasteiger partial charge on any atom is 0.307 e. The highest BCUT2D eigenvalue weighted by atomic mass is 16.4. The highest BCUT2D eigenvalue weighted by molar-refractivity contribution is 5.69. The zero-order valence-corrected chi connectivity index (χ0v) is 6.40. The van der Waals surface area contributed by atoms with Crippen LogP contribution in [0.25, 0.3) is 0 Å². The number of hydrogen-bond donors (Lipinski definition) is 1. The predicted molar refractivity (Wildman–Crippen MR) is 42.4 cm³/mol. The number of carboxylic acid groups (broad SMARTS) is 1. The van der Waals surface area contributed by atoms with Crippen LogP contribution in [0, 0.1) is 12.3 Å². The lowest BCUT2D eigenvalue weighted by Gasteiger charge is -1.90. The van der Waals surface area contributed by atoms with Crippen molar-refractivity contribution >= 4 is 5.97 Å². The van der Waals surface area contributed by atoms with E-state index in [-0.39, 0.29) is 6.42 Å². The summed E-state index contributed by atoms with van der Waals surface area (Å²) in [5.41, 5.74) is 0.665. The number of aromatic nitrogens is 2. The van der Waals surface area contributed by atoms with Crippen LogP contribution >= 0.6 is 0 Å². The second-order valence-electron chi connectivity index (χ2n) is 2.32. The molecule has 0 saturated carbocycles. The number of carbonyl (C=O) groups is 1. The van der Waals surface area contributed by atoms with Crippen LogP contribution in [0.5, 0.6) is 0 Å². The Morgan fingerprint density at radius 1 is 1.83 bits per heavy atom. The first-order valence-corrected chi connectivity index (χ1v) is 3.39. The van der Waals surface area contributed by atoms with Crippen LogP contribution in [0.1, 0.15) is 5.56 Å². The zero-order chi connectivity index (χ0) is 8.97. The summed E-state index contributed by atoms with van der Waals surface area (Å²) in [7, 11) is 0. The summed E-state index contributed by atoms with van der Waals surface area (Å²) in [6.07, 6.45) is 8.17. The Hall–Kier alpha value is -1.76. The molecule has 4 nitrogen and oxygen atoms in total. The van der Waals surface area contributed by atoms with E-state index in [0.29, 0.717) is 12.1 Å². The molecule has 0 aliphatic heterocycles. The summed E-state index contributed by atoms with van der Waals surface area (Å²) in [6.45, 7) is 0.375. The van der Waals surface area contributed by atoms with Gasteiger partial charge in [0.05, 0.1) is 12.6 Å². The molecule has 0 amide bonds. The second-order valence-corrected chi connectivity index (χ2v) is 2.32. The quantitative estimate of drug-likeness (QED) is 0.646. The fourth-order valence-corrected chi connectivity index (χ4v) is 0.852. The van der Waals surface area contributed by atoms with Gasteiger partial charge in [-0.2, -0.15) is 5.10 Å². The lowest BCUT2D eigenvalue weighted by atomic mass is 10.3.